The van der Waals surface area contributed by atoms with Crippen molar-refractivity contribution in [3.8, 4) is 5.75 Å². The van der Waals surface area contributed by atoms with Crippen molar-refractivity contribution in [2.45, 2.75) is 38.2 Å². The first kappa shape index (κ1) is 13.3. The lowest BCUT2D eigenvalue weighted by atomic mass is 9.78. The standard InChI is InChI=1S/C14H19F2NO/c1-3-17-14(13(15)16)7-6-10-4-5-12(18-2)8-11(10)9-14/h4-5,8,13,17H,3,6-7,9H2,1-2H3. The quantitative estimate of drug-likeness (QED) is 0.893. The van der Waals surface area contributed by atoms with E-state index in [1.165, 1.54) is 0 Å². The molecule has 1 atom stereocenters. The van der Waals surface area contributed by atoms with Crippen LogP contribution in [0.2, 0.25) is 0 Å². The molecular weight excluding hydrogens is 236 g/mol. The smallest absolute Gasteiger partial charge is 0.256 e. The lowest BCUT2D eigenvalue weighted by molar-refractivity contribution is 0.0218. The summed E-state index contributed by atoms with van der Waals surface area (Å²) in [6.07, 6.45) is -0.809. The van der Waals surface area contributed by atoms with Crippen molar-refractivity contribution >= 4 is 0 Å². The van der Waals surface area contributed by atoms with Crippen LogP contribution in [0.25, 0.3) is 0 Å². The van der Waals surface area contributed by atoms with E-state index < -0.39 is 12.0 Å². The lowest BCUT2D eigenvalue weighted by Crippen LogP contribution is -2.55. The van der Waals surface area contributed by atoms with E-state index in [1.54, 1.807) is 7.11 Å². The van der Waals surface area contributed by atoms with Gasteiger partial charge in [-0.25, -0.2) is 8.78 Å². The van der Waals surface area contributed by atoms with E-state index in [2.05, 4.69) is 5.32 Å². The molecule has 2 rings (SSSR count). The Bertz CT molecular complexity index is 422. The molecule has 0 saturated carbocycles. The maximum atomic E-state index is 13.3. The molecule has 0 bridgehead atoms. The van der Waals surface area contributed by atoms with E-state index in [4.69, 9.17) is 4.74 Å². The number of likely N-dealkylation sites (N-methyl/N-ethyl adjacent to an activating group) is 1. The Morgan fingerprint density at radius 1 is 1.39 bits per heavy atom. The van der Waals surface area contributed by atoms with Crippen molar-refractivity contribution < 1.29 is 13.5 Å². The van der Waals surface area contributed by atoms with Crippen LogP contribution in [0.1, 0.15) is 24.5 Å². The minimum Gasteiger partial charge on any atom is -0.497 e. The van der Waals surface area contributed by atoms with Crippen molar-refractivity contribution in [3.63, 3.8) is 0 Å². The average molecular weight is 255 g/mol. The van der Waals surface area contributed by atoms with Crippen LogP contribution >= 0.6 is 0 Å². The summed E-state index contributed by atoms with van der Waals surface area (Å²) in [6.45, 7) is 2.43. The van der Waals surface area contributed by atoms with Crippen LogP contribution in [0.15, 0.2) is 18.2 Å². The van der Waals surface area contributed by atoms with Crippen LogP contribution in [0.5, 0.6) is 5.75 Å². The third-order valence-electron chi connectivity index (χ3n) is 3.71. The zero-order chi connectivity index (χ0) is 13.2. The second-order valence-corrected chi connectivity index (χ2v) is 4.80. The fourth-order valence-electron chi connectivity index (χ4n) is 2.69. The number of aryl methyl sites for hydroxylation is 1. The number of hydrogen-bond acceptors (Lipinski definition) is 2. The summed E-state index contributed by atoms with van der Waals surface area (Å²) in [7, 11) is 1.59. The largest absolute Gasteiger partial charge is 0.497 e. The Morgan fingerprint density at radius 2 is 2.17 bits per heavy atom. The molecule has 1 aliphatic carbocycles. The van der Waals surface area contributed by atoms with Crippen molar-refractivity contribution in [2.24, 2.45) is 0 Å². The van der Waals surface area contributed by atoms with Gasteiger partial charge in [-0.2, -0.15) is 0 Å². The monoisotopic (exact) mass is 255 g/mol. The molecule has 0 amide bonds. The number of fused-ring (bicyclic) bond motifs is 1. The second-order valence-electron chi connectivity index (χ2n) is 4.80. The van der Waals surface area contributed by atoms with Crippen LogP contribution in [0, 0.1) is 0 Å². The summed E-state index contributed by atoms with van der Waals surface area (Å²) >= 11 is 0. The number of ether oxygens (including phenoxy) is 1. The van der Waals surface area contributed by atoms with E-state index in [0.29, 0.717) is 25.8 Å². The van der Waals surface area contributed by atoms with Gasteiger partial charge in [0.05, 0.1) is 12.6 Å². The molecule has 0 spiro atoms. The Hall–Kier alpha value is -1.16. The van der Waals surface area contributed by atoms with Gasteiger partial charge >= 0.3 is 0 Å². The van der Waals surface area contributed by atoms with Crippen LogP contribution in [-0.4, -0.2) is 25.6 Å². The van der Waals surface area contributed by atoms with Gasteiger partial charge in [-0.15, -0.1) is 0 Å². The molecule has 0 saturated heterocycles. The Labute approximate surface area is 106 Å². The SMILES string of the molecule is CCNC1(C(F)F)CCc2ccc(OC)cc2C1. The maximum absolute atomic E-state index is 13.3. The first-order chi connectivity index (χ1) is 8.61. The number of methoxy groups -OCH3 is 1. The number of benzene rings is 1. The number of rotatable bonds is 4. The van der Waals surface area contributed by atoms with Gasteiger partial charge in [0.2, 0.25) is 0 Å². The molecular formula is C14H19F2NO. The van der Waals surface area contributed by atoms with Gasteiger partial charge in [-0.3, -0.25) is 0 Å². The zero-order valence-corrected chi connectivity index (χ0v) is 10.8. The summed E-state index contributed by atoms with van der Waals surface area (Å²) < 4.78 is 31.9. The number of alkyl halides is 2. The van der Waals surface area contributed by atoms with Crippen LogP contribution < -0.4 is 10.1 Å². The highest BCUT2D eigenvalue weighted by molar-refractivity contribution is 5.39. The van der Waals surface area contributed by atoms with Gasteiger partial charge < -0.3 is 10.1 Å². The molecule has 0 heterocycles. The molecule has 18 heavy (non-hydrogen) atoms. The topological polar surface area (TPSA) is 21.3 Å². The molecule has 0 aromatic heterocycles. The molecule has 1 N–H and O–H groups in total. The lowest BCUT2D eigenvalue weighted by Gasteiger charge is -2.38. The van der Waals surface area contributed by atoms with Crippen molar-refractivity contribution in [1.82, 2.24) is 5.32 Å². The van der Waals surface area contributed by atoms with Crippen LogP contribution in [0.4, 0.5) is 8.78 Å². The molecule has 2 nitrogen and oxygen atoms in total. The van der Waals surface area contributed by atoms with E-state index in [9.17, 15) is 8.78 Å². The summed E-state index contributed by atoms with van der Waals surface area (Å²) in [5.41, 5.74) is 1.06. The van der Waals surface area contributed by atoms with Gasteiger partial charge in [0.1, 0.15) is 5.75 Å². The molecule has 0 fully saturated rings. The van der Waals surface area contributed by atoms with E-state index in [0.717, 1.165) is 16.9 Å². The highest BCUT2D eigenvalue weighted by Gasteiger charge is 2.41. The molecule has 1 aliphatic rings. The van der Waals surface area contributed by atoms with Crippen molar-refractivity contribution in [2.75, 3.05) is 13.7 Å². The van der Waals surface area contributed by atoms with Crippen LogP contribution in [0.3, 0.4) is 0 Å². The third-order valence-corrected chi connectivity index (χ3v) is 3.71. The first-order valence-corrected chi connectivity index (χ1v) is 6.30. The van der Waals surface area contributed by atoms with Crippen LogP contribution in [-0.2, 0) is 12.8 Å². The third kappa shape index (κ3) is 2.34. The minimum absolute atomic E-state index is 0.366. The zero-order valence-electron chi connectivity index (χ0n) is 10.8. The fraction of sp³-hybridized carbons (Fsp3) is 0.571. The Morgan fingerprint density at radius 3 is 2.78 bits per heavy atom. The predicted molar refractivity (Wildman–Crippen MR) is 67.4 cm³/mol. The molecule has 1 unspecified atom stereocenters. The van der Waals surface area contributed by atoms with Gasteiger partial charge in [0.15, 0.2) is 0 Å². The molecule has 4 heteroatoms. The highest BCUT2D eigenvalue weighted by atomic mass is 19.3. The van der Waals surface area contributed by atoms with Gasteiger partial charge in [0, 0.05) is 0 Å². The summed E-state index contributed by atoms with van der Waals surface area (Å²) in [4.78, 5) is 0. The van der Waals surface area contributed by atoms with Gasteiger partial charge in [-0.1, -0.05) is 13.0 Å². The normalized spacial score (nSPS) is 22.9. The predicted octanol–water partition coefficient (Wildman–Crippen LogP) is 2.80. The van der Waals surface area contributed by atoms with E-state index >= 15 is 0 Å². The minimum atomic E-state index is -2.35. The maximum Gasteiger partial charge on any atom is 0.256 e. The molecule has 100 valence electrons. The first-order valence-electron chi connectivity index (χ1n) is 6.30. The summed E-state index contributed by atoms with van der Waals surface area (Å²) in [5, 5.41) is 2.98. The Balaban J connectivity index is 2.31. The second kappa shape index (κ2) is 5.22. The molecule has 0 radical (unpaired) electrons. The number of nitrogens with one attached hydrogen (secondary N) is 1. The number of halogens is 2. The van der Waals surface area contributed by atoms with Gasteiger partial charge in [0.25, 0.3) is 6.43 Å². The molecule has 1 aromatic carbocycles. The van der Waals surface area contributed by atoms with E-state index in [-0.39, 0.29) is 0 Å². The Kier molecular flexibility index (Phi) is 3.85. The summed E-state index contributed by atoms with van der Waals surface area (Å²) in [6, 6.07) is 5.75. The van der Waals surface area contributed by atoms with E-state index in [1.807, 2.05) is 25.1 Å². The molecule has 0 aliphatic heterocycles. The molecule has 1 aromatic rings. The fourth-order valence-corrected chi connectivity index (χ4v) is 2.69. The van der Waals surface area contributed by atoms with Crippen molar-refractivity contribution in [3.05, 3.63) is 29.3 Å². The number of hydrogen-bond donors (Lipinski definition) is 1. The average Bonchev–Trinajstić information content (AvgIpc) is 2.38. The summed E-state index contributed by atoms with van der Waals surface area (Å²) in [5.74, 6) is 0.732. The highest BCUT2D eigenvalue weighted by Crippen LogP contribution is 2.34. The van der Waals surface area contributed by atoms with Gasteiger partial charge in [-0.05, 0) is 49.1 Å². The van der Waals surface area contributed by atoms with Crippen molar-refractivity contribution in [1.29, 1.82) is 0 Å².